The maximum atomic E-state index is 9.28. The van der Waals surface area contributed by atoms with Gasteiger partial charge in [0.2, 0.25) is 0 Å². The van der Waals surface area contributed by atoms with E-state index in [1.807, 2.05) is 0 Å². The summed E-state index contributed by atoms with van der Waals surface area (Å²) >= 11 is 17.7. The molecule has 0 aliphatic carbocycles. The minimum absolute atomic E-state index is 0.151. The number of hydrogen-bond donors (Lipinski definition) is 1. The van der Waals surface area contributed by atoms with Crippen LogP contribution in [0.15, 0.2) is 30.5 Å². The van der Waals surface area contributed by atoms with Crippen molar-refractivity contribution < 1.29 is 5.11 Å². The van der Waals surface area contributed by atoms with Crippen LogP contribution in [0.1, 0.15) is 5.56 Å². The van der Waals surface area contributed by atoms with Gasteiger partial charge in [-0.15, -0.1) is 0 Å². The Hall–Kier alpha value is -0.800. The highest BCUT2D eigenvalue weighted by Crippen LogP contribution is 2.32. The number of hydrogen-bond acceptors (Lipinski definition) is 2. The number of nitrogens with zero attached hydrogens (tertiary/aromatic N) is 1. The van der Waals surface area contributed by atoms with E-state index in [1.165, 1.54) is 6.20 Å². The normalized spacial score (nSPS) is 10.6. The lowest BCUT2D eigenvalue weighted by molar-refractivity contribution is 0.282. The summed E-state index contributed by atoms with van der Waals surface area (Å²) in [6, 6.07) is 6.78. The summed E-state index contributed by atoms with van der Waals surface area (Å²) in [4.78, 5) is 4.19. The fourth-order valence-corrected chi connectivity index (χ4v) is 2.20. The summed E-state index contributed by atoms with van der Waals surface area (Å²) in [6.07, 6.45) is 1.51. The highest BCUT2D eigenvalue weighted by Gasteiger charge is 2.10. The van der Waals surface area contributed by atoms with Crippen LogP contribution in [0.5, 0.6) is 0 Å². The lowest BCUT2D eigenvalue weighted by Crippen LogP contribution is -1.93. The van der Waals surface area contributed by atoms with Gasteiger partial charge < -0.3 is 5.11 Å². The summed E-state index contributed by atoms with van der Waals surface area (Å²) in [5.41, 5.74) is 1.96. The largest absolute Gasteiger partial charge is 0.392 e. The molecule has 0 aliphatic rings. The summed E-state index contributed by atoms with van der Waals surface area (Å²) in [5.74, 6) is 0. The van der Waals surface area contributed by atoms with E-state index in [9.17, 15) is 5.11 Å². The number of aromatic nitrogens is 1. The van der Waals surface area contributed by atoms with Gasteiger partial charge in [-0.2, -0.15) is 0 Å². The van der Waals surface area contributed by atoms with Crippen molar-refractivity contribution in [3.63, 3.8) is 0 Å². The van der Waals surface area contributed by atoms with Crippen LogP contribution >= 0.6 is 34.8 Å². The number of benzene rings is 1. The first-order valence-electron chi connectivity index (χ1n) is 4.82. The molecule has 0 amide bonds. The van der Waals surface area contributed by atoms with Crippen molar-refractivity contribution in [2.45, 2.75) is 6.61 Å². The number of aliphatic hydroxyl groups is 1. The first kappa shape index (κ1) is 12.7. The fraction of sp³-hybridized carbons (Fsp3) is 0.0833. The third-order valence-electron chi connectivity index (χ3n) is 2.29. The van der Waals surface area contributed by atoms with Gasteiger partial charge in [0.05, 0.1) is 22.3 Å². The summed E-state index contributed by atoms with van der Waals surface area (Å²) in [5, 5.41) is 10.8. The van der Waals surface area contributed by atoms with Crippen LogP contribution in [0.2, 0.25) is 15.1 Å². The Bertz CT molecular complexity index is 557. The summed E-state index contributed by atoms with van der Waals surface area (Å²) in [6.45, 7) is -0.151. The first-order valence-corrected chi connectivity index (χ1v) is 5.96. The summed E-state index contributed by atoms with van der Waals surface area (Å²) < 4.78 is 0. The van der Waals surface area contributed by atoms with Crippen LogP contribution in [0.25, 0.3) is 11.3 Å². The third-order valence-corrected chi connectivity index (χ3v) is 3.04. The monoisotopic (exact) mass is 287 g/mol. The predicted octanol–water partition coefficient (Wildman–Crippen LogP) is 4.20. The van der Waals surface area contributed by atoms with Gasteiger partial charge in [0.15, 0.2) is 0 Å². The lowest BCUT2D eigenvalue weighted by atomic mass is 10.1. The van der Waals surface area contributed by atoms with Crippen LogP contribution in [0, 0.1) is 0 Å². The topological polar surface area (TPSA) is 33.1 Å². The Morgan fingerprint density at radius 2 is 1.82 bits per heavy atom. The lowest BCUT2D eigenvalue weighted by Gasteiger charge is -2.09. The second kappa shape index (κ2) is 5.23. The molecule has 0 spiro atoms. The average Bonchev–Trinajstić information content (AvgIpc) is 2.30. The van der Waals surface area contributed by atoms with Gasteiger partial charge in [-0.25, -0.2) is 0 Å². The van der Waals surface area contributed by atoms with Gasteiger partial charge in [0, 0.05) is 22.3 Å². The van der Waals surface area contributed by atoms with Crippen molar-refractivity contribution in [1.29, 1.82) is 0 Å². The van der Waals surface area contributed by atoms with Gasteiger partial charge in [0.1, 0.15) is 0 Å². The molecule has 2 aromatic rings. The molecule has 1 heterocycles. The van der Waals surface area contributed by atoms with E-state index in [1.54, 1.807) is 24.3 Å². The molecule has 0 aliphatic heterocycles. The van der Waals surface area contributed by atoms with Gasteiger partial charge in [0.25, 0.3) is 0 Å². The Morgan fingerprint density at radius 1 is 1.06 bits per heavy atom. The second-order valence-corrected chi connectivity index (χ2v) is 4.72. The second-order valence-electron chi connectivity index (χ2n) is 3.44. The zero-order valence-corrected chi connectivity index (χ0v) is 10.9. The predicted molar refractivity (Wildman–Crippen MR) is 70.6 cm³/mol. The molecule has 0 bridgehead atoms. The van der Waals surface area contributed by atoms with Crippen LogP contribution in [-0.2, 0) is 6.61 Å². The SMILES string of the molecule is OCc1cc(Cl)cnc1-c1ccc(Cl)cc1Cl. The number of rotatable bonds is 2. The number of pyridine rings is 1. The third kappa shape index (κ3) is 2.72. The maximum Gasteiger partial charge on any atom is 0.0773 e. The molecule has 2 nitrogen and oxygen atoms in total. The zero-order chi connectivity index (χ0) is 12.4. The smallest absolute Gasteiger partial charge is 0.0773 e. The Morgan fingerprint density at radius 3 is 2.47 bits per heavy atom. The van der Waals surface area contributed by atoms with Crippen LogP contribution in [-0.4, -0.2) is 10.1 Å². The van der Waals surface area contributed by atoms with Crippen molar-refractivity contribution in [2.75, 3.05) is 0 Å². The molecule has 1 N–H and O–H groups in total. The molecule has 0 fully saturated rings. The zero-order valence-electron chi connectivity index (χ0n) is 8.62. The van der Waals surface area contributed by atoms with E-state index in [-0.39, 0.29) is 6.61 Å². The molecule has 0 saturated carbocycles. The van der Waals surface area contributed by atoms with Gasteiger partial charge in [-0.1, -0.05) is 34.8 Å². The average molecular weight is 289 g/mol. The molecule has 1 aromatic heterocycles. The van der Waals surface area contributed by atoms with Crippen LogP contribution in [0.3, 0.4) is 0 Å². The number of aliphatic hydroxyl groups excluding tert-OH is 1. The van der Waals surface area contributed by atoms with E-state index < -0.39 is 0 Å². The fourth-order valence-electron chi connectivity index (χ4n) is 1.53. The van der Waals surface area contributed by atoms with Gasteiger partial charge in [-0.3, -0.25) is 4.98 Å². The first-order chi connectivity index (χ1) is 8.11. The van der Waals surface area contributed by atoms with Gasteiger partial charge >= 0.3 is 0 Å². The Kier molecular flexibility index (Phi) is 3.89. The Labute approximate surface area is 114 Å². The highest BCUT2D eigenvalue weighted by molar-refractivity contribution is 6.36. The van der Waals surface area contributed by atoms with Crippen molar-refractivity contribution in [3.05, 3.63) is 51.1 Å². The molecular weight excluding hydrogens is 280 g/mol. The van der Waals surface area contributed by atoms with Crippen molar-refractivity contribution >= 4 is 34.8 Å². The minimum Gasteiger partial charge on any atom is -0.392 e. The van der Waals surface area contributed by atoms with E-state index in [2.05, 4.69) is 4.98 Å². The van der Waals surface area contributed by atoms with Crippen molar-refractivity contribution in [3.8, 4) is 11.3 Å². The molecule has 1 aromatic carbocycles. The maximum absolute atomic E-state index is 9.28. The van der Waals surface area contributed by atoms with Crippen molar-refractivity contribution in [1.82, 2.24) is 4.98 Å². The molecule has 2 rings (SSSR count). The van der Waals surface area contributed by atoms with Crippen LogP contribution in [0.4, 0.5) is 0 Å². The van der Waals surface area contributed by atoms with E-state index in [0.717, 1.165) is 5.56 Å². The van der Waals surface area contributed by atoms with Crippen molar-refractivity contribution in [2.24, 2.45) is 0 Å². The molecule has 0 saturated heterocycles. The standard InChI is InChI=1S/C12H8Cl3NO/c13-8-1-2-10(11(15)4-8)12-7(6-17)3-9(14)5-16-12/h1-5,17H,6H2. The number of halogens is 3. The molecule has 0 unspecified atom stereocenters. The molecule has 0 radical (unpaired) electrons. The quantitative estimate of drug-likeness (QED) is 0.898. The molecule has 17 heavy (non-hydrogen) atoms. The molecule has 5 heteroatoms. The highest BCUT2D eigenvalue weighted by atomic mass is 35.5. The van der Waals surface area contributed by atoms with E-state index in [4.69, 9.17) is 34.8 Å². The Balaban J connectivity index is 2.60. The summed E-state index contributed by atoms with van der Waals surface area (Å²) in [7, 11) is 0. The minimum atomic E-state index is -0.151. The van der Waals surface area contributed by atoms with E-state index in [0.29, 0.717) is 26.3 Å². The van der Waals surface area contributed by atoms with E-state index >= 15 is 0 Å². The molecule has 88 valence electrons. The van der Waals surface area contributed by atoms with Gasteiger partial charge in [-0.05, 0) is 24.3 Å². The van der Waals surface area contributed by atoms with Crippen LogP contribution < -0.4 is 0 Å². The molecule has 0 atom stereocenters. The molecular formula is C12H8Cl3NO.